The lowest BCUT2D eigenvalue weighted by atomic mass is 9.99. The van der Waals surface area contributed by atoms with E-state index in [4.69, 9.17) is 19.4 Å². The maximum atomic E-state index is 14.3. The van der Waals surface area contributed by atoms with Gasteiger partial charge >= 0.3 is 12.2 Å². The zero-order valence-electron chi connectivity index (χ0n) is 35.4. The summed E-state index contributed by atoms with van der Waals surface area (Å²) in [5, 5.41) is 8.71. The van der Waals surface area contributed by atoms with Gasteiger partial charge in [0.1, 0.15) is 33.3 Å². The van der Waals surface area contributed by atoms with Crippen molar-refractivity contribution >= 4 is 63.4 Å². The summed E-state index contributed by atoms with van der Waals surface area (Å²) in [7, 11) is 1.30. The number of imidazole rings is 2. The third-order valence-electron chi connectivity index (χ3n) is 12.0. The second-order valence-electron chi connectivity index (χ2n) is 17.3. The van der Waals surface area contributed by atoms with Gasteiger partial charge in [0.05, 0.1) is 57.3 Å². The van der Waals surface area contributed by atoms with Crippen LogP contribution in [0.4, 0.5) is 9.59 Å². The van der Waals surface area contributed by atoms with Gasteiger partial charge in [-0.05, 0) is 65.4 Å². The number of nitrogens with one attached hydrogen (secondary N) is 4. The Balaban J connectivity index is 0.997. The Morgan fingerprint density at radius 3 is 2.34 bits per heavy atom. The predicted octanol–water partition coefficient (Wildman–Crippen LogP) is 7.18. The maximum absolute atomic E-state index is 14.3. The minimum atomic E-state index is -1.81. The second kappa shape index (κ2) is 17.2. The lowest BCUT2D eigenvalue weighted by molar-refractivity contribution is -0.135. The molecule has 16 heteroatoms. The monoisotopic (exact) mass is 856 g/mol. The number of carbonyl (C=O) groups excluding carboxylic acids is 4. The van der Waals surface area contributed by atoms with Crippen LogP contribution in [0.15, 0.2) is 83.8 Å². The molecule has 0 bridgehead atoms. The summed E-state index contributed by atoms with van der Waals surface area (Å²) in [4.78, 5) is 72.9. The maximum Gasteiger partial charge on any atom is 0.407 e. The van der Waals surface area contributed by atoms with Crippen LogP contribution in [0.2, 0.25) is 19.1 Å². The number of aromatic amines is 2. The number of allylic oxidation sites excluding steroid dienone is 2. The first-order valence-electron chi connectivity index (χ1n) is 20.8. The van der Waals surface area contributed by atoms with E-state index in [1.54, 1.807) is 0 Å². The van der Waals surface area contributed by atoms with Gasteiger partial charge in [0.25, 0.3) is 0 Å². The molecular weight excluding hydrogens is 805 g/mol. The van der Waals surface area contributed by atoms with Crippen molar-refractivity contribution in [3.63, 3.8) is 0 Å². The smallest absolute Gasteiger partial charge is 0.407 e. The number of hydrogen-bond donors (Lipinski definition) is 4. The Labute approximate surface area is 358 Å². The highest BCUT2D eigenvalue weighted by Gasteiger charge is 2.45. The number of amides is 4. The van der Waals surface area contributed by atoms with Crippen LogP contribution < -0.4 is 10.6 Å². The van der Waals surface area contributed by atoms with Crippen molar-refractivity contribution in [3.8, 4) is 22.4 Å². The number of rotatable bonds is 11. The highest BCUT2D eigenvalue weighted by Crippen LogP contribution is 2.40. The zero-order valence-corrected chi connectivity index (χ0v) is 37.4. The zero-order chi connectivity index (χ0) is 43.0. The molecule has 5 aromatic rings. The molecule has 0 aliphatic carbocycles. The summed E-state index contributed by atoms with van der Waals surface area (Å²) >= 11 is 0. The Bertz CT molecular complexity index is 2550. The van der Waals surface area contributed by atoms with Gasteiger partial charge in [-0.1, -0.05) is 92.5 Å². The Hall–Kier alpha value is -6.01. The number of carbonyl (C=O) groups is 4. The summed E-state index contributed by atoms with van der Waals surface area (Å²) in [6, 6.07) is 17.9. The Morgan fingerprint density at radius 2 is 1.62 bits per heavy atom. The number of ether oxygens (including phenoxy) is 2. The molecule has 61 heavy (non-hydrogen) atoms. The number of benzene rings is 3. The fourth-order valence-electron chi connectivity index (χ4n) is 8.91. The highest BCUT2D eigenvalue weighted by atomic mass is 28.3. The summed E-state index contributed by atoms with van der Waals surface area (Å²) in [6.45, 7) is 8.99. The molecule has 14 nitrogen and oxygen atoms in total. The molecule has 0 spiro atoms. The Kier molecular flexibility index (Phi) is 11.7. The van der Waals surface area contributed by atoms with E-state index in [1.807, 2.05) is 42.0 Å². The van der Waals surface area contributed by atoms with Gasteiger partial charge in [-0.3, -0.25) is 9.59 Å². The van der Waals surface area contributed by atoms with Gasteiger partial charge in [0.2, 0.25) is 11.8 Å². The molecular formula is C45H52N8O6Si2. The van der Waals surface area contributed by atoms with Crippen LogP contribution in [0, 0.1) is 5.92 Å². The van der Waals surface area contributed by atoms with Crippen molar-refractivity contribution in [2.45, 2.75) is 76.4 Å². The molecule has 2 fully saturated rings. The van der Waals surface area contributed by atoms with E-state index in [2.05, 4.69) is 94.0 Å². The van der Waals surface area contributed by atoms with Gasteiger partial charge in [-0.2, -0.15) is 0 Å². The van der Waals surface area contributed by atoms with Gasteiger partial charge in [0, 0.05) is 18.1 Å². The molecule has 4 amide bonds. The SMILES string of the molecule is COC(=O)NC(CC1=CC=C[Si]1)C(=O)N1C[Si](C)(C)C[C@H]1c1nc2c(ccc3cc(-c4ccc(-c5cnc([C@@H]6CCCN6C(=O)[C@@H](NC(=O)OC)C(C)C)[nH]5)cc4)ccc32)[nH]1. The summed E-state index contributed by atoms with van der Waals surface area (Å²) in [6.07, 6.45) is 7.32. The first-order valence-corrected chi connectivity index (χ1v) is 25.3. The topological polar surface area (TPSA) is 175 Å². The number of aromatic nitrogens is 4. The largest absolute Gasteiger partial charge is 0.453 e. The molecule has 316 valence electrons. The lowest BCUT2D eigenvalue weighted by Crippen LogP contribution is -2.51. The van der Waals surface area contributed by atoms with E-state index < -0.39 is 32.3 Å². The third kappa shape index (κ3) is 8.64. The van der Waals surface area contributed by atoms with E-state index >= 15 is 0 Å². The third-order valence-corrected chi connectivity index (χ3v) is 15.8. The van der Waals surface area contributed by atoms with Crippen molar-refractivity contribution in [3.05, 3.63) is 95.5 Å². The Morgan fingerprint density at radius 1 is 0.885 bits per heavy atom. The molecule has 3 aromatic carbocycles. The second-order valence-corrected chi connectivity index (χ2v) is 23.6. The number of fused-ring (bicyclic) bond motifs is 3. The molecule has 2 aromatic heterocycles. The minimum Gasteiger partial charge on any atom is -0.453 e. The molecule has 2 saturated heterocycles. The van der Waals surface area contributed by atoms with E-state index in [9.17, 15) is 19.2 Å². The molecule has 5 heterocycles. The standard InChI is InChI=1S/C45H52N8O6Si2/c1-26(2)38(51-45(57)59-4)43(55)52-19-7-10-36(52)40-46-23-35(48-40)28-13-11-27(12-14-28)29-15-17-32-30(21-29)16-18-33-39(32)50-41(47-33)37-24-61(5,6)25-53(37)42(54)34(49-44(56)58-3)22-31-9-8-20-60-31/h8-9,11-18,20-21,23,26,34,36-38H,7,10,19,22,24-25H2,1-6H3,(H,46,48)(H,47,50)(H,49,56)(H,51,57)/t34?,36-,37-,38-/m0/s1. The van der Waals surface area contributed by atoms with E-state index in [0.29, 0.717) is 28.7 Å². The molecule has 8 rings (SSSR count). The van der Waals surface area contributed by atoms with Crippen molar-refractivity contribution < 1.29 is 28.7 Å². The first-order chi connectivity index (χ1) is 29.3. The number of likely N-dealkylation sites (tertiary alicyclic amines) is 1. The summed E-state index contributed by atoms with van der Waals surface area (Å²) < 4.78 is 9.68. The van der Waals surface area contributed by atoms with E-state index in [0.717, 1.165) is 79.9 Å². The quantitative estimate of drug-likeness (QED) is 0.101. The minimum absolute atomic E-state index is 0.109. The van der Waals surface area contributed by atoms with Crippen molar-refractivity contribution in [2.75, 3.05) is 26.9 Å². The molecule has 4 N–H and O–H groups in total. The van der Waals surface area contributed by atoms with Crippen LogP contribution in [0.1, 0.15) is 56.8 Å². The van der Waals surface area contributed by atoms with Gasteiger partial charge in [-0.15, -0.1) is 0 Å². The molecule has 0 saturated carbocycles. The summed E-state index contributed by atoms with van der Waals surface area (Å²) in [5.74, 6) is 1.12. The normalized spacial score (nSPS) is 19.4. The average Bonchev–Trinajstić information content (AvgIpc) is 4.11. The fraction of sp³-hybridized carbons (Fsp3) is 0.378. The highest BCUT2D eigenvalue weighted by molar-refractivity contribution is 6.78. The number of alkyl carbamates (subject to hydrolysis) is 2. The molecule has 3 aliphatic rings. The predicted molar refractivity (Wildman–Crippen MR) is 238 cm³/mol. The van der Waals surface area contributed by atoms with Gasteiger partial charge in [-0.25, -0.2) is 19.6 Å². The van der Waals surface area contributed by atoms with Crippen LogP contribution in [-0.2, 0) is 19.1 Å². The number of nitrogens with zero attached hydrogens (tertiary/aromatic N) is 4. The van der Waals surface area contributed by atoms with Gasteiger partial charge < -0.3 is 39.9 Å². The molecule has 4 atom stereocenters. The van der Waals surface area contributed by atoms with Crippen LogP contribution in [-0.4, -0.2) is 110 Å². The number of H-pyrrole nitrogens is 2. The first kappa shape index (κ1) is 41.7. The average molecular weight is 857 g/mol. The number of methoxy groups -OCH3 is 2. The van der Waals surface area contributed by atoms with Crippen LogP contribution >= 0.6 is 0 Å². The molecule has 1 unspecified atom stereocenters. The van der Waals surface area contributed by atoms with E-state index in [-0.39, 0.29) is 29.8 Å². The molecule has 3 aliphatic heterocycles. The van der Waals surface area contributed by atoms with Crippen LogP contribution in [0.3, 0.4) is 0 Å². The van der Waals surface area contributed by atoms with Gasteiger partial charge in [0.15, 0.2) is 0 Å². The van der Waals surface area contributed by atoms with Crippen molar-refractivity contribution in [1.29, 1.82) is 0 Å². The summed E-state index contributed by atoms with van der Waals surface area (Å²) in [5.41, 5.74) is 7.81. The van der Waals surface area contributed by atoms with E-state index in [1.165, 1.54) is 14.2 Å². The molecule has 2 radical (unpaired) electrons. The fourth-order valence-corrected chi connectivity index (χ4v) is 12.7. The lowest BCUT2D eigenvalue weighted by Gasteiger charge is -2.30. The van der Waals surface area contributed by atoms with Crippen molar-refractivity contribution in [2.24, 2.45) is 5.92 Å². The van der Waals surface area contributed by atoms with Crippen LogP contribution in [0.25, 0.3) is 44.2 Å². The number of hydrogen-bond acceptors (Lipinski definition) is 8. The van der Waals surface area contributed by atoms with Crippen molar-refractivity contribution in [1.82, 2.24) is 40.4 Å². The van der Waals surface area contributed by atoms with Crippen LogP contribution in [0.5, 0.6) is 0 Å².